The molecule has 4 nitrogen and oxygen atoms in total. The zero-order valence-corrected chi connectivity index (χ0v) is 10.5. The molecular weight excluding hydrogens is 230 g/mol. The van der Waals surface area contributed by atoms with Crippen molar-refractivity contribution in [1.29, 1.82) is 5.26 Å². The SMILES string of the molecule is COc1cc(COC2CCCCO2)ccc1C#N. The molecule has 1 atom stereocenters. The molecule has 0 saturated carbocycles. The maximum atomic E-state index is 8.89. The van der Waals surface area contributed by atoms with E-state index in [0.29, 0.717) is 17.9 Å². The Balaban J connectivity index is 1.95. The quantitative estimate of drug-likeness (QED) is 0.820. The van der Waals surface area contributed by atoms with Crippen LogP contribution in [0.1, 0.15) is 30.4 Å². The first-order chi connectivity index (χ1) is 8.83. The van der Waals surface area contributed by atoms with Crippen LogP contribution in [0, 0.1) is 11.3 Å². The van der Waals surface area contributed by atoms with Gasteiger partial charge >= 0.3 is 0 Å². The van der Waals surface area contributed by atoms with E-state index in [1.54, 1.807) is 13.2 Å². The van der Waals surface area contributed by atoms with Gasteiger partial charge in [0, 0.05) is 6.61 Å². The molecular formula is C14H17NO3. The van der Waals surface area contributed by atoms with Crippen LogP contribution in [0.2, 0.25) is 0 Å². The lowest BCUT2D eigenvalue weighted by molar-refractivity contribution is -0.168. The van der Waals surface area contributed by atoms with Crippen molar-refractivity contribution >= 4 is 0 Å². The summed E-state index contributed by atoms with van der Waals surface area (Å²) in [5.41, 5.74) is 1.52. The van der Waals surface area contributed by atoms with Crippen molar-refractivity contribution in [1.82, 2.24) is 0 Å². The van der Waals surface area contributed by atoms with Crippen LogP contribution in [0.25, 0.3) is 0 Å². The lowest BCUT2D eigenvalue weighted by Crippen LogP contribution is -2.22. The van der Waals surface area contributed by atoms with Gasteiger partial charge in [-0.1, -0.05) is 6.07 Å². The Labute approximate surface area is 107 Å². The van der Waals surface area contributed by atoms with E-state index in [-0.39, 0.29) is 6.29 Å². The molecule has 0 aliphatic carbocycles. The highest BCUT2D eigenvalue weighted by molar-refractivity contribution is 5.45. The van der Waals surface area contributed by atoms with Crippen LogP contribution in [-0.2, 0) is 16.1 Å². The average molecular weight is 247 g/mol. The van der Waals surface area contributed by atoms with E-state index in [1.165, 1.54) is 0 Å². The Morgan fingerprint density at radius 3 is 3.00 bits per heavy atom. The lowest BCUT2D eigenvalue weighted by Gasteiger charge is -2.22. The van der Waals surface area contributed by atoms with E-state index in [4.69, 9.17) is 19.5 Å². The molecule has 0 aromatic heterocycles. The number of nitrogens with zero attached hydrogens (tertiary/aromatic N) is 1. The molecule has 1 unspecified atom stereocenters. The van der Waals surface area contributed by atoms with Gasteiger partial charge < -0.3 is 14.2 Å². The number of rotatable bonds is 4. The number of benzene rings is 1. The molecule has 0 N–H and O–H groups in total. The van der Waals surface area contributed by atoms with Gasteiger partial charge in [0.15, 0.2) is 6.29 Å². The van der Waals surface area contributed by atoms with E-state index >= 15 is 0 Å². The topological polar surface area (TPSA) is 51.5 Å². The smallest absolute Gasteiger partial charge is 0.158 e. The van der Waals surface area contributed by atoms with Gasteiger partial charge in [-0.15, -0.1) is 0 Å². The first kappa shape index (κ1) is 12.9. The van der Waals surface area contributed by atoms with Crippen molar-refractivity contribution in [3.63, 3.8) is 0 Å². The molecule has 0 radical (unpaired) electrons. The summed E-state index contributed by atoms with van der Waals surface area (Å²) in [6, 6.07) is 7.55. The van der Waals surface area contributed by atoms with E-state index in [1.807, 2.05) is 12.1 Å². The van der Waals surface area contributed by atoms with E-state index in [9.17, 15) is 0 Å². The minimum Gasteiger partial charge on any atom is -0.495 e. The normalized spacial score (nSPS) is 19.2. The van der Waals surface area contributed by atoms with Crippen molar-refractivity contribution in [2.45, 2.75) is 32.2 Å². The number of hydrogen-bond donors (Lipinski definition) is 0. The van der Waals surface area contributed by atoms with Crippen LogP contribution in [0.3, 0.4) is 0 Å². The summed E-state index contributed by atoms with van der Waals surface area (Å²) in [7, 11) is 1.56. The van der Waals surface area contributed by atoms with Crippen LogP contribution in [-0.4, -0.2) is 20.0 Å². The van der Waals surface area contributed by atoms with Crippen LogP contribution < -0.4 is 4.74 Å². The molecule has 18 heavy (non-hydrogen) atoms. The van der Waals surface area contributed by atoms with Crippen molar-refractivity contribution in [2.24, 2.45) is 0 Å². The highest BCUT2D eigenvalue weighted by Crippen LogP contribution is 2.21. The predicted molar refractivity (Wildman–Crippen MR) is 66.1 cm³/mol. The molecule has 0 bridgehead atoms. The Bertz CT molecular complexity index is 433. The zero-order valence-electron chi connectivity index (χ0n) is 10.5. The monoisotopic (exact) mass is 247 g/mol. The fourth-order valence-electron chi connectivity index (χ4n) is 1.95. The van der Waals surface area contributed by atoms with Gasteiger partial charge in [0.05, 0.1) is 19.3 Å². The molecule has 1 heterocycles. The summed E-state index contributed by atoms with van der Waals surface area (Å²) >= 11 is 0. The summed E-state index contributed by atoms with van der Waals surface area (Å²) in [4.78, 5) is 0. The summed E-state index contributed by atoms with van der Waals surface area (Å²) in [6.07, 6.45) is 3.12. The van der Waals surface area contributed by atoms with Crippen molar-refractivity contribution in [3.05, 3.63) is 29.3 Å². The summed E-state index contributed by atoms with van der Waals surface area (Å²) < 4.78 is 16.3. The molecule has 96 valence electrons. The minimum absolute atomic E-state index is 0.0969. The average Bonchev–Trinajstić information content (AvgIpc) is 2.45. The Kier molecular flexibility index (Phi) is 4.57. The molecule has 4 heteroatoms. The number of methoxy groups -OCH3 is 1. The standard InChI is InChI=1S/C14H17NO3/c1-16-13-8-11(5-6-12(13)9-15)10-18-14-4-2-3-7-17-14/h5-6,8,14H,2-4,7,10H2,1H3. The fraction of sp³-hybridized carbons (Fsp3) is 0.500. The molecule has 1 aromatic carbocycles. The van der Waals surface area contributed by atoms with Gasteiger partial charge in [0.1, 0.15) is 11.8 Å². The van der Waals surface area contributed by atoms with Gasteiger partial charge in [-0.05, 0) is 37.0 Å². The van der Waals surface area contributed by atoms with Crippen LogP contribution in [0.4, 0.5) is 0 Å². The van der Waals surface area contributed by atoms with Gasteiger partial charge in [-0.25, -0.2) is 0 Å². The third-order valence-electron chi connectivity index (χ3n) is 2.96. The molecule has 1 aliphatic heterocycles. The molecule has 2 rings (SSSR count). The van der Waals surface area contributed by atoms with Gasteiger partial charge in [-0.3, -0.25) is 0 Å². The highest BCUT2D eigenvalue weighted by Gasteiger charge is 2.14. The van der Waals surface area contributed by atoms with Crippen molar-refractivity contribution in [3.8, 4) is 11.8 Å². The van der Waals surface area contributed by atoms with E-state index in [2.05, 4.69) is 6.07 Å². The lowest BCUT2D eigenvalue weighted by atomic mass is 10.1. The Hall–Kier alpha value is -1.57. The Morgan fingerprint density at radius 1 is 1.44 bits per heavy atom. The number of nitriles is 1. The predicted octanol–water partition coefficient (Wildman–Crippen LogP) is 2.61. The molecule has 1 fully saturated rings. The van der Waals surface area contributed by atoms with Crippen LogP contribution in [0.5, 0.6) is 5.75 Å². The maximum absolute atomic E-state index is 8.89. The van der Waals surface area contributed by atoms with Gasteiger partial charge in [0.25, 0.3) is 0 Å². The third kappa shape index (κ3) is 3.22. The molecule has 1 aromatic rings. The summed E-state index contributed by atoms with van der Waals surface area (Å²) in [5, 5.41) is 8.89. The second-order valence-electron chi connectivity index (χ2n) is 4.25. The number of hydrogen-bond acceptors (Lipinski definition) is 4. The Morgan fingerprint density at radius 2 is 2.33 bits per heavy atom. The second kappa shape index (κ2) is 6.39. The maximum Gasteiger partial charge on any atom is 0.158 e. The summed E-state index contributed by atoms with van der Waals surface area (Å²) in [5.74, 6) is 0.586. The third-order valence-corrected chi connectivity index (χ3v) is 2.96. The van der Waals surface area contributed by atoms with E-state index in [0.717, 1.165) is 31.4 Å². The molecule has 0 amide bonds. The highest BCUT2D eigenvalue weighted by atomic mass is 16.7. The van der Waals surface area contributed by atoms with Gasteiger partial charge in [-0.2, -0.15) is 5.26 Å². The van der Waals surface area contributed by atoms with E-state index < -0.39 is 0 Å². The summed E-state index contributed by atoms with van der Waals surface area (Å²) in [6.45, 7) is 1.26. The van der Waals surface area contributed by atoms with Crippen molar-refractivity contribution in [2.75, 3.05) is 13.7 Å². The molecule has 0 spiro atoms. The van der Waals surface area contributed by atoms with Crippen LogP contribution >= 0.6 is 0 Å². The zero-order chi connectivity index (χ0) is 12.8. The number of ether oxygens (including phenoxy) is 3. The first-order valence-corrected chi connectivity index (χ1v) is 6.13. The molecule has 1 saturated heterocycles. The van der Waals surface area contributed by atoms with Gasteiger partial charge in [0.2, 0.25) is 0 Å². The first-order valence-electron chi connectivity index (χ1n) is 6.13. The van der Waals surface area contributed by atoms with Crippen molar-refractivity contribution < 1.29 is 14.2 Å². The second-order valence-corrected chi connectivity index (χ2v) is 4.25. The van der Waals surface area contributed by atoms with Crippen LogP contribution in [0.15, 0.2) is 18.2 Å². The fourth-order valence-corrected chi connectivity index (χ4v) is 1.95. The minimum atomic E-state index is -0.0969. The molecule has 1 aliphatic rings. The largest absolute Gasteiger partial charge is 0.495 e.